The van der Waals surface area contributed by atoms with Gasteiger partial charge in [-0.1, -0.05) is 49.6 Å². The third kappa shape index (κ3) is 7.67. The second-order valence-corrected chi connectivity index (χ2v) is 13.4. The van der Waals surface area contributed by atoms with Gasteiger partial charge < -0.3 is 20.4 Å². The summed E-state index contributed by atoms with van der Waals surface area (Å²) in [6.07, 6.45) is 10.4. The van der Waals surface area contributed by atoms with E-state index in [1.807, 2.05) is 12.1 Å². The molecular weight excluding hydrogens is 538 g/mol. The summed E-state index contributed by atoms with van der Waals surface area (Å²) in [5.74, 6) is 0.388. The van der Waals surface area contributed by atoms with Gasteiger partial charge in [0.25, 0.3) is 0 Å². The smallest absolute Gasteiger partial charge is 0.244 e. The van der Waals surface area contributed by atoms with Crippen molar-refractivity contribution in [2.24, 2.45) is 5.92 Å². The number of carbonyl (C=O) groups excluding carboxylic acids is 2. The van der Waals surface area contributed by atoms with Gasteiger partial charge in [-0.25, -0.2) is 8.42 Å². The molecule has 1 atom stereocenters. The number of anilines is 2. The molecule has 2 amide bonds. The minimum absolute atomic E-state index is 0.0524. The highest BCUT2D eigenvalue weighted by molar-refractivity contribution is 7.89. The van der Waals surface area contributed by atoms with Crippen molar-refractivity contribution in [1.29, 1.82) is 0 Å². The molecule has 1 unspecified atom stereocenters. The molecule has 0 aromatic heterocycles. The minimum Gasteiger partial charge on any atom is -0.370 e. The zero-order valence-corrected chi connectivity index (χ0v) is 24.6. The Bertz CT molecular complexity index is 1270. The molecule has 2 aliphatic heterocycles. The highest BCUT2D eigenvalue weighted by Crippen LogP contribution is 2.33. The van der Waals surface area contributed by atoms with Crippen molar-refractivity contribution < 1.29 is 18.0 Å². The third-order valence-electron chi connectivity index (χ3n) is 8.83. The van der Waals surface area contributed by atoms with Crippen LogP contribution in [0.3, 0.4) is 0 Å². The quantitative estimate of drug-likeness (QED) is 0.275. The monoisotopic (exact) mass is 581 g/mol. The van der Waals surface area contributed by atoms with Crippen LogP contribution in [0.25, 0.3) is 0 Å². The van der Waals surface area contributed by atoms with Crippen LogP contribution in [0.1, 0.15) is 63.4 Å². The van der Waals surface area contributed by atoms with Gasteiger partial charge in [-0.05, 0) is 81.2 Å². The Morgan fingerprint density at radius 2 is 1.73 bits per heavy atom. The Kier molecular flexibility index (Phi) is 9.95. The number of hydrogen-bond acceptors (Lipinski definition) is 6. The van der Waals surface area contributed by atoms with E-state index >= 15 is 0 Å². The van der Waals surface area contributed by atoms with E-state index in [9.17, 15) is 18.0 Å². The molecule has 3 aliphatic rings. The summed E-state index contributed by atoms with van der Waals surface area (Å²) in [4.78, 5) is 28.5. The fourth-order valence-corrected chi connectivity index (χ4v) is 7.66. The van der Waals surface area contributed by atoms with Gasteiger partial charge >= 0.3 is 0 Å². The van der Waals surface area contributed by atoms with E-state index < -0.39 is 10.0 Å². The lowest BCUT2D eigenvalue weighted by Gasteiger charge is -2.35. The first-order valence-electron chi connectivity index (χ1n) is 15.1. The minimum atomic E-state index is -3.98. The van der Waals surface area contributed by atoms with Crippen molar-refractivity contribution in [3.8, 4) is 0 Å². The van der Waals surface area contributed by atoms with Crippen LogP contribution in [0, 0.1) is 5.92 Å². The Balaban J connectivity index is 1.33. The van der Waals surface area contributed by atoms with E-state index in [0.29, 0.717) is 17.3 Å². The maximum atomic E-state index is 13.8. The fraction of sp³-hybridized carbons (Fsp3) is 0.548. The molecule has 2 heterocycles. The molecule has 2 aromatic carbocycles. The molecule has 0 bridgehead atoms. The average molecular weight is 582 g/mol. The SMILES string of the molecule is O=CN(CNS(=O)(=O)c1cc(NC(=O)C2CCCN2)ccc1N1CCC(Cc2ccccc2)CC1)C1CCCCC1. The van der Waals surface area contributed by atoms with Crippen LogP contribution < -0.4 is 20.3 Å². The zero-order chi connectivity index (χ0) is 28.7. The normalized spacial score (nSPS) is 20.6. The second kappa shape index (κ2) is 13.8. The molecule has 0 spiro atoms. The fourth-order valence-electron chi connectivity index (χ4n) is 6.43. The second-order valence-electron chi connectivity index (χ2n) is 11.7. The molecule has 10 heteroatoms. The third-order valence-corrected chi connectivity index (χ3v) is 10.2. The van der Waals surface area contributed by atoms with Crippen molar-refractivity contribution in [2.45, 2.75) is 81.2 Å². The number of carbonyl (C=O) groups is 2. The average Bonchev–Trinajstić information content (AvgIpc) is 3.55. The lowest BCUT2D eigenvalue weighted by atomic mass is 9.90. The maximum absolute atomic E-state index is 13.8. The van der Waals surface area contributed by atoms with Gasteiger partial charge in [0.15, 0.2) is 0 Å². The van der Waals surface area contributed by atoms with Crippen molar-refractivity contribution in [2.75, 3.05) is 36.5 Å². The Morgan fingerprint density at radius 1 is 0.976 bits per heavy atom. The van der Waals surface area contributed by atoms with Crippen molar-refractivity contribution in [1.82, 2.24) is 14.9 Å². The molecule has 1 saturated carbocycles. The Labute approximate surface area is 244 Å². The van der Waals surface area contributed by atoms with Crippen molar-refractivity contribution >= 4 is 33.7 Å². The number of nitrogens with zero attached hydrogens (tertiary/aromatic N) is 2. The number of amides is 2. The van der Waals surface area contributed by atoms with E-state index in [2.05, 4.69) is 44.5 Å². The molecule has 2 saturated heterocycles. The van der Waals surface area contributed by atoms with Gasteiger partial charge in [0.05, 0.1) is 18.4 Å². The lowest BCUT2D eigenvalue weighted by Crippen LogP contribution is -2.44. The first kappa shape index (κ1) is 29.5. The lowest BCUT2D eigenvalue weighted by molar-refractivity contribution is -0.121. The van der Waals surface area contributed by atoms with Crippen LogP contribution in [-0.4, -0.2) is 64.0 Å². The molecule has 9 nitrogen and oxygen atoms in total. The summed E-state index contributed by atoms with van der Waals surface area (Å²) in [5, 5.41) is 6.10. The van der Waals surface area contributed by atoms with Gasteiger partial charge in [0.2, 0.25) is 22.3 Å². The van der Waals surface area contributed by atoms with Gasteiger partial charge in [-0.3, -0.25) is 9.59 Å². The van der Waals surface area contributed by atoms with E-state index in [1.54, 1.807) is 17.0 Å². The highest BCUT2D eigenvalue weighted by Gasteiger charge is 2.29. The number of benzene rings is 2. The summed E-state index contributed by atoms with van der Waals surface area (Å²) in [5.41, 5.74) is 2.40. The van der Waals surface area contributed by atoms with Crippen LogP contribution in [0.2, 0.25) is 0 Å². The number of rotatable bonds is 11. The number of hydrogen-bond donors (Lipinski definition) is 3. The number of sulfonamides is 1. The first-order chi connectivity index (χ1) is 19.9. The maximum Gasteiger partial charge on any atom is 0.244 e. The summed E-state index contributed by atoms with van der Waals surface area (Å²) >= 11 is 0. The molecule has 41 heavy (non-hydrogen) atoms. The standard InChI is InChI=1S/C31H43N5O4S/c37-23-36(27-10-5-2-6-11-27)22-33-41(39,40)30-21-26(34-31(38)28-12-7-17-32-28)13-14-29(30)35-18-15-25(16-19-35)20-24-8-3-1-4-9-24/h1,3-4,8-9,13-14,21,23,25,27-28,32-33H,2,5-7,10-12,15-20,22H2,(H,34,38). The van der Waals surface area contributed by atoms with Gasteiger partial charge in [0, 0.05) is 24.8 Å². The van der Waals surface area contributed by atoms with Crippen LogP contribution in [0.15, 0.2) is 53.4 Å². The van der Waals surface area contributed by atoms with E-state index in [1.165, 1.54) is 5.56 Å². The van der Waals surface area contributed by atoms with E-state index in [-0.39, 0.29) is 29.6 Å². The molecule has 0 radical (unpaired) electrons. The van der Waals surface area contributed by atoms with Crippen LogP contribution in [0.5, 0.6) is 0 Å². The van der Waals surface area contributed by atoms with Crippen LogP contribution in [0.4, 0.5) is 11.4 Å². The first-order valence-corrected chi connectivity index (χ1v) is 16.6. The summed E-state index contributed by atoms with van der Waals surface area (Å²) in [7, 11) is -3.98. The Morgan fingerprint density at radius 3 is 2.41 bits per heavy atom. The van der Waals surface area contributed by atoms with Crippen LogP contribution in [-0.2, 0) is 26.0 Å². The van der Waals surface area contributed by atoms with Crippen LogP contribution >= 0.6 is 0 Å². The molecule has 3 N–H and O–H groups in total. The molecule has 3 fully saturated rings. The molecule has 5 rings (SSSR count). The summed E-state index contributed by atoms with van der Waals surface area (Å²) < 4.78 is 30.3. The molecule has 2 aromatic rings. The van der Waals surface area contributed by atoms with Crippen molar-refractivity contribution in [3.05, 3.63) is 54.1 Å². The largest absolute Gasteiger partial charge is 0.370 e. The summed E-state index contributed by atoms with van der Waals surface area (Å²) in [6, 6.07) is 15.4. The van der Waals surface area contributed by atoms with E-state index in [0.717, 1.165) is 90.3 Å². The molecule has 222 valence electrons. The molecular formula is C31H43N5O4S. The van der Waals surface area contributed by atoms with E-state index in [4.69, 9.17) is 0 Å². The zero-order valence-electron chi connectivity index (χ0n) is 23.8. The number of nitrogens with one attached hydrogen (secondary N) is 3. The molecule has 1 aliphatic carbocycles. The van der Waals surface area contributed by atoms with Gasteiger partial charge in [-0.15, -0.1) is 0 Å². The predicted molar refractivity (Wildman–Crippen MR) is 161 cm³/mol. The van der Waals surface area contributed by atoms with Gasteiger partial charge in [-0.2, -0.15) is 4.72 Å². The topological polar surface area (TPSA) is 111 Å². The predicted octanol–water partition coefficient (Wildman–Crippen LogP) is 3.86. The van der Waals surface area contributed by atoms with Gasteiger partial charge in [0.1, 0.15) is 4.90 Å². The van der Waals surface area contributed by atoms with Crippen molar-refractivity contribution in [3.63, 3.8) is 0 Å². The Hall–Kier alpha value is -2.95. The number of piperidine rings is 1. The summed E-state index contributed by atoms with van der Waals surface area (Å²) in [6.45, 7) is 2.23. The highest BCUT2D eigenvalue weighted by atomic mass is 32.2.